The minimum absolute atomic E-state index is 0.0540. The Hall–Kier alpha value is -1.78. The average molecular weight is 428 g/mol. The molecule has 1 N–H and O–H groups in total. The second-order valence-corrected chi connectivity index (χ2v) is 9.61. The molecule has 2 heterocycles. The molecule has 3 rings (SSSR count). The number of thioether (sulfide) groups is 1. The minimum Gasteiger partial charge on any atom is -0.492 e. The Morgan fingerprint density at radius 1 is 1.29 bits per heavy atom. The summed E-state index contributed by atoms with van der Waals surface area (Å²) in [6, 6.07) is 4.06. The van der Waals surface area contributed by atoms with Crippen molar-refractivity contribution in [2.45, 2.75) is 37.6 Å². The summed E-state index contributed by atoms with van der Waals surface area (Å²) in [6.07, 6.45) is 1.67. The first kappa shape index (κ1) is 20.9. The third-order valence-corrected chi connectivity index (χ3v) is 7.72. The highest BCUT2D eigenvalue weighted by Crippen LogP contribution is 2.32. The van der Waals surface area contributed by atoms with Crippen LogP contribution in [0, 0.1) is 0 Å². The number of nitrogens with one attached hydrogen (secondary N) is 1. The second-order valence-electron chi connectivity index (χ2n) is 6.70. The van der Waals surface area contributed by atoms with E-state index in [4.69, 9.17) is 4.74 Å². The van der Waals surface area contributed by atoms with E-state index in [1.165, 1.54) is 34.0 Å². The summed E-state index contributed by atoms with van der Waals surface area (Å²) in [5, 5.41) is 2.76. The lowest BCUT2D eigenvalue weighted by Crippen LogP contribution is -2.43. The first-order chi connectivity index (χ1) is 13.3. The first-order valence-corrected chi connectivity index (χ1v) is 11.9. The highest BCUT2D eigenvalue weighted by molar-refractivity contribution is 7.99. The van der Waals surface area contributed by atoms with Crippen molar-refractivity contribution < 1.29 is 22.7 Å². The lowest BCUT2D eigenvalue weighted by atomic mass is 10.2. The molecule has 0 aliphatic carbocycles. The molecule has 1 aromatic carbocycles. The quantitative estimate of drug-likeness (QED) is 0.743. The molecule has 0 aromatic heterocycles. The fourth-order valence-corrected chi connectivity index (χ4v) is 6.22. The van der Waals surface area contributed by atoms with E-state index in [0.717, 1.165) is 12.8 Å². The monoisotopic (exact) mass is 427 g/mol. The van der Waals surface area contributed by atoms with Crippen LogP contribution < -0.4 is 10.1 Å². The molecule has 8 nitrogen and oxygen atoms in total. The SMILES string of the molecule is CCOc1ccc(NC(=O)[C@H]2CSCN2C(C)=O)cc1S(=O)(=O)N1CCCC1. The molecule has 28 heavy (non-hydrogen) atoms. The van der Waals surface area contributed by atoms with Gasteiger partial charge < -0.3 is 15.0 Å². The maximum absolute atomic E-state index is 13.0. The standard InChI is InChI=1S/C18H25N3O5S2/c1-3-26-16-7-6-14(10-17(16)28(24,25)20-8-4-5-9-20)19-18(23)15-11-27-12-21(15)13(2)22/h6-7,10,15H,3-5,8-9,11-12H2,1-2H3,(H,19,23)/t15-/m1/s1. The molecule has 1 atom stereocenters. The summed E-state index contributed by atoms with van der Waals surface area (Å²) in [4.78, 5) is 25.9. The molecule has 2 aliphatic rings. The fourth-order valence-electron chi connectivity index (χ4n) is 3.33. The molecular formula is C18H25N3O5S2. The smallest absolute Gasteiger partial charge is 0.248 e. The number of hydrogen-bond acceptors (Lipinski definition) is 6. The Labute approximate surface area is 169 Å². The van der Waals surface area contributed by atoms with Crippen LogP contribution in [0.3, 0.4) is 0 Å². The summed E-state index contributed by atoms with van der Waals surface area (Å²) < 4.78 is 33.0. The Morgan fingerprint density at radius 3 is 2.64 bits per heavy atom. The Bertz CT molecular complexity index is 853. The number of ether oxygens (including phenoxy) is 1. The topological polar surface area (TPSA) is 96.0 Å². The number of sulfonamides is 1. The van der Waals surface area contributed by atoms with Gasteiger partial charge in [-0.1, -0.05) is 0 Å². The normalized spacial score (nSPS) is 20.4. The summed E-state index contributed by atoms with van der Waals surface area (Å²) in [7, 11) is -3.70. The van der Waals surface area contributed by atoms with Crippen molar-refractivity contribution in [3.63, 3.8) is 0 Å². The molecule has 0 unspecified atom stereocenters. The van der Waals surface area contributed by atoms with Gasteiger partial charge in [-0.25, -0.2) is 8.42 Å². The number of carbonyl (C=O) groups is 2. The number of anilines is 1. The Morgan fingerprint density at radius 2 is 2.00 bits per heavy atom. The van der Waals surface area contributed by atoms with E-state index in [0.29, 0.717) is 37.0 Å². The number of carbonyl (C=O) groups excluding carboxylic acids is 2. The zero-order valence-electron chi connectivity index (χ0n) is 16.0. The van der Waals surface area contributed by atoms with Gasteiger partial charge >= 0.3 is 0 Å². The van der Waals surface area contributed by atoms with Crippen LogP contribution in [0.1, 0.15) is 26.7 Å². The minimum atomic E-state index is -3.70. The highest BCUT2D eigenvalue weighted by Gasteiger charge is 2.34. The van der Waals surface area contributed by atoms with Gasteiger partial charge in [-0.2, -0.15) is 4.31 Å². The van der Waals surface area contributed by atoms with Gasteiger partial charge in [0, 0.05) is 31.5 Å². The predicted octanol–water partition coefficient (Wildman–Crippen LogP) is 1.73. The molecule has 2 aliphatic heterocycles. The second kappa shape index (κ2) is 8.71. The van der Waals surface area contributed by atoms with Gasteiger partial charge in [-0.3, -0.25) is 9.59 Å². The molecule has 2 amide bonds. The maximum Gasteiger partial charge on any atom is 0.248 e. The lowest BCUT2D eigenvalue weighted by Gasteiger charge is -2.22. The molecule has 154 valence electrons. The first-order valence-electron chi connectivity index (χ1n) is 9.27. The van der Waals surface area contributed by atoms with Gasteiger partial charge in [0.25, 0.3) is 0 Å². The molecule has 0 saturated carbocycles. The average Bonchev–Trinajstić information content (AvgIpc) is 3.35. The van der Waals surface area contributed by atoms with E-state index >= 15 is 0 Å². The molecule has 0 radical (unpaired) electrons. The zero-order valence-corrected chi connectivity index (χ0v) is 17.6. The van der Waals surface area contributed by atoms with E-state index in [2.05, 4.69) is 5.32 Å². The van der Waals surface area contributed by atoms with E-state index in [9.17, 15) is 18.0 Å². The molecular weight excluding hydrogens is 402 g/mol. The fraction of sp³-hybridized carbons (Fsp3) is 0.556. The van der Waals surface area contributed by atoms with Crippen LogP contribution in [-0.2, 0) is 19.6 Å². The summed E-state index contributed by atoms with van der Waals surface area (Å²) >= 11 is 1.51. The van der Waals surface area contributed by atoms with Gasteiger partial charge in [-0.15, -0.1) is 11.8 Å². The number of nitrogens with zero attached hydrogens (tertiary/aromatic N) is 2. The lowest BCUT2D eigenvalue weighted by molar-refractivity contribution is -0.134. The van der Waals surface area contributed by atoms with Gasteiger partial charge in [0.15, 0.2) is 0 Å². The maximum atomic E-state index is 13.0. The molecule has 1 aromatic rings. The van der Waals surface area contributed by atoms with Crippen molar-refractivity contribution in [1.82, 2.24) is 9.21 Å². The van der Waals surface area contributed by atoms with Crippen LogP contribution in [0.25, 0.3) is 0 Å². The largest absolute Gasteiger partial charge is 0.492 e. The van der Waals surface area contributed by atoms with Crippen molar-refractivity contribution in [3.05, 3.63) is 18.2 Å². The number of benzene rings is 1. The Balaban J connectivity index is 1.86. The van der Waals surface area contributed by atoms with Crippen molar-refractivity contribution in [3.8, 4) is 5.75 Å². The number of amides is 2. The number of rotatable bonds is 6. The number of hydrogen-bond donors (Lipinski definition) is 1. The van der Waals surface area contributed by atoms with Crippen LogP contribution >= 0.6 is 11.8 Å². The summed E-state index contributed by atoms with van der Waals surface area (Å²) in [5.74, 6) is 0.782. The predicted molar refractivity (Wildman–Crippen MR) is 108 cm³/mol. The van der Waals surface area contributed by atoms with Gasteiger partial charge in [0.05, 0.1) is 12.5 Å². The van der Waals surface area contributed by atoms with Crippen LogP contribution in [0.4, 0.5) is 5.69 Å². The molecule has 0 bridgehead atoms. The summed E-state index contributed by atoms with van der Waals surface area (Å²) in [5.41, 5.74) is 0.367. The van der Waals surface area contributed by atoms with E-state index in [-0.39, 0.29) is 22.5 Å². The van der Waals surface area contributed by atoms with Crippen molar-refractivity contribution in [2.75, 3.05) is 36.6 Å². The van der Waals surface area contributed by atoms with E-state index in [1.807, 2.05) is 0 Å². The molecule has 2 fully saturated rings. The third kappa shape index (κ3) is 4.28. The van der Waals surface area contributed by atoms with Crippen molar-refractivity contribution >= 4 is 39.3 Å². The van der Waals surface area contributed by atoms with Gasteiger partial charge in [-0.05, 0) is 38.0 Å². The van der Waals surface area contributed by atoms with Crippen molar-refractivity contribution in [2.24, 2.45) is 0 Å². The zero-order chi connectivity index (χ0) is 20.3. The van der Waals surface area contributed by atoms with E-state index < -0.39 is 16.1 Å². The molecule has 0 spiro atoms. The Kier molecular flexibility index (Phi) is 6.51. The highest BCUT2D eigenvalue weighted by atomic mass is 32.2. The van der Waals surface area contributed by atoms with E-state index in [1.54, 1.807) is 19.1 Å². The van der Waals surface area contributed by atoms with Crippen LogP contribution in [0.2, 0.25) is 0 Å². The van der Waals surface area contributed by atoms with Crippen LogP contribution in [-0.4, -0.2) is 66.8 Å². The molecule has 10 heteroatoms. The van der Waals surface area contributed by atoms with Crippen LogP contribution in [0.5, 0.6) is 5.75 Å². The van der Waals surface area contributed by atoms with Gasteiger partial charge in [0.2, 0.25) is 21.8 Å². The molecule has 2 saturated heterocycles. The van der Waals surface area contributed by atoms with Crippen LogP contribution in [0.15, 0.2) is 23.1 Å². The van der Waals surface area contributed by atoms with Gasteiger partial charge in [0.1, 0.15) is 16.7 Å². The summed E-state index contributed by atoms with van der Waals surface area (Å²) in [6.45, 7) is 4.52. The van der Waals surface area contributed by atoms with Crippen molar-refractivity contribution in [1.29, 1.82) is 0 Å². The third-order valence-electron chi connectivity index (χ3n) is 4.78.